The van der Waals surface area contributed by atoms with E-state index in [1.54, 1.807) is 0 Å². The second kappa shape index (κ2) is 4.32. The van der Waals surface area contributed by atoms with E-state index < -0.39 is 6.10 Å². The van der Waals surface area contributed by atoms with Crippen LogP contribution in [-0.4, -0.2) is 35.0 Å². The van der Waals surface area contributed by atoms with Crippen LogP contribution in [0.2, 0.25) is 0 Å². The molecule has 0 radical (unpaired) electrons. The van der Waals surface area contributed by atoms with E-state index in [0.717, 1.165) is 18.4 Å². The first-order valence-corrected chi connectivity index (χ1v) is 7.15. The van der Waals surface area contributed by atoms with Gasteiger partial charge < -0.3 is 14.6 Å². The molecule has 0 aromatic heterocycles. The van der Waals surface area contributed by atoms with E-state index in [1.807, 2.05) is 19.9 Å². The highest BCUT2D eigenvalue weighted by Crippen LogP contribution is 2.47. The average molecular weight is 266 g/mol. The number of epoxide rings is 1. The maximum Gasteiger partial charge on any atom is 0.309 e. The van der Waals surface area contributed by atoms with E-state index in [9.17, 15) is 9.90 Å². The van der Waals surface area contributed by atoms with Gasteiger partial charge in [0, 0.05) is 12.3 Å². The summed E-state index contributed by atoms with van der Waals surface area (Å²) in [6.45, 7) is 5.94. The fourth-order valence-corrected chi connectivity index (χ4v) is 3.38. The van der Waals surface area contributed by atoms with Crippen LogP contribution in [0.25, 0.3) is 0 Å². The Balaban J connectivity index is 1.87. The Labute approximate surface area is 113 Å². The molecule has 2 heterocycles. The first kappa shape index (κ1) is 13.1. The third kappa shape index (κ3) is 2.21. The van der Waals surface area contributed by atoms with E-state index in [0.29, 0.717) is 6.42 Å². The molecule has 106 valence electrons. The van der Waals surface area contributed by atoms with Crippen molar-refractivity contribution >= 4 is 5.97 Å². The van der Waals surface area contributed by atoms with Crippen molar-refractivity contribution in [3.05, 3.63) is 11.6 Å². The van der Waals surface area contributed by atoms with Crippen LogP contribution >= 0.6 is 0 Å². The van der Waals surface area contributed by atoms with Gasteiger partial charge in [-0.05, 0) is 38.3 Å². The first-order valence-electron chi connectivity index (χ1n) is 7.15. The van der Waals surface area contributed by atoms with Crippen LogP contribution in [0.3, 0.4) is 0 Å². The number of hydrogen-bond acceptors (Lipinski definition) is 4. The molecule has 3 rings (SSSR count). The standard InChI is InChI=1S/C15H22O4/c1-8-6-12-10(9(2)14(17)18-12)4-5-15(3)13(19-15)7-11(8)16/h6,9-13,16H,4-5,7H2,1-3H3. The quantitative estimate of drug-likeness (QED) is 0.413. The molecule has 3 aliphatic rings. The van der Waals surface area contributed by atoms with Crippen molar-refractivity contribution in [2.75, 3.05) is 0 Å². The van der Waals surface area contributed by atoms with E-state index in [-0.39, 0.29) is 35.6 Å². The fraction of sp³-hybridized carbons (Fsp3) is 0.800. The highest BCUT2D eigenvalue weighted by Gasteiger charge is 2.54. The lowest BCUT2D eigenvalue weighted by molar-refractivity contribution is -0.142. The van der Waals surface area contributed by atoms with Crippen LogP contribution in [0, 0.1) is 11.8 Å². The maximum absolute atomic E-state index is 11.8. The smallest absolute Gasteiger partial charge is 0.309 e. The lowest BCUT2D eigenvalue weighted by atomic mass is 9.82. The minimum Gasteiger partial charge on any atom is -0.458 e. The molecule has 0 aromatic carbocycles. The Kier molecular flexibility index (Phi) is 2.98. The summed E-state index contributed by atoms with van der Waals surface area (Å²) in [5.41, 5.74) is 0.769. The van der Waals surface area contributed by atoms with Crippen LogP contribution in [0.5, 0.6) is 0 Å². The van der Waals surface area contributed by atoms with Crippen LogP contribution in [0.1, 0.15) is 40.0 Å². The van der Waals surface area contributed by atoms with Gasteiger partial charge in [0.25, 0.3) is 0 Å². The molecule has 0 spiro atoms. The number of esters is 1. The van der Waals surface area contributed by atoms with Crippen molar-refractivity contribution in [1.82, 2.24) is 0 Å². The number of aliphatic hydroxyl groups excluding tert-OH is 1. The molecular weight excluding hydrogens is 244 g/mol. The van der Waals surface area contributed by atoms with E-state index in [4.69, 9.17) is 9.47 Å². The summed E-state index contributed by atoms with van der Waals surface area (Å²) in [7, 11) is 0. The minimum atomic E-state index is -0.500. The Morgan fingerprint density at radius 2 is 2.21 bits per heavy atom. The van der Waals surface area contributed by atoms with Crippen molar-refractivity contribution in [1.29, 1.82) is 0 Å². The predicted molar refractivity (Wildman–Crippen MR) is 69.4 cm³/mol. The SMILES string of the molecule is CC1=CC2OC(=O)C(C)C2CCC2(C)OC2CC1O. The summed E-state index contributed by atoms with van der Waals surface area (Å²) >= 11 is 0. The van der Waals surface area contributed by atoms with Gasteiger partial charge in [-0.25, -0.2) is 0 Å². The van der Waals surface area contributed by atoms with Gasteiger partial charge in [0.1, 0.15) is 6.10 Å². The molecule has 2 fully saturated rings. The van der Waals surface area contributed by atoms with Crippen LogP contribution < -0.4 is 0 Å². The fourth-order valence-electron chi connectivity index (χ4n) is 3.38. The molecule has 19 heavy (non-hydrogen) atoms. The summed E-state index contributed by atoms with van der Waals surface area (Å²) < 4.78 is 11.2. The molecule has 2 saturated heterocycles. The highest BCUT2D eigenvalue weighted by molar-refractivity contribution is 5.75. The maximum atomic E-state index is 11.8. The molecule has 0 aromatic rings. The molecule has 6 unspecified atom stereocenters. The van der Waals surface area contributed by atoms with E-state index in [2.05, 4.69) is 6.92 Å². The Hall–Kier alpha value is -0.870. The zero-order valence-electron chi connectivity index (χ0n) is 11.8. The molecule has 4 heteroatoms. The van der Waals surface area contributed by atoms with E-state index >= 15 is 0 Å². The highest BCUT2D eigenvalue weighted by atomic mass is 16.6. The molecular formula is C15H22O4. The molecule has 1 N–H and O–H groups in total. The summed E-state index contributed by atoms with van der Waals surface area (Å²) in [4.78, 5) is 11.8. The zero-order valence-corrected chi connectivity index (χ0v) is 11.8. The van der Waals surface area contributed by atoms with Crippen molar-refractivity contribution in [3.63, 3.8) is 0 Å². The second-order valence-corrected chi connectivity index (χ2v) is 6.47. The third-order valence-corrected chi connectivity index (χ3v) is 5.09. The zero-order chi connectivity index (χ0) is 13.8. The number of ether oxygens (including phenoxy) is 2. The van der Waals surface area contributed by atoms with Crippen LogP contribution in [0.4, 0.5) is 0 Å². The minimum absolute atomic E-state index is 0.0635. The lowest BCUT2D eigenvalue weighted by Gasteiger charge is -2.21. The Morgan fingerprint density at radius 3 is 2.95 bits per heavy atom. The monoisotopic (exact) mass is 266 g/mol. The van der Waals surface area contributed by atoms with Gasteiger partial charge >= 0.3 is 5.97 Å². The lowest BCUT2D eigenvalue weighted by Crippen LogP contribution is -2.25. The number of carbonyl (C=O) groups is 1. The van der Waals surface area contributed by atoms with E-state index in [1.165, 1.54) is 0 Å². The average Bonchev–Trinajstić information content (AvgIpc) is 2.89. The van der Waals surface area contributed by atoms with Gasteiger partial charge in [-0.2, -0.15) is 0 Å². The Morgan fingerprint density at radius 1 is 1.47 bits per heavy atom. The van der Waals surface area contributed by atoms with Gasteiger partial charge in [-0.3, -0.25) is 4.79 Å². The molecule has 1 aliphatic carbocycles. The third-order valence-electron chi connectivity index (χ3n) is 5.09. The summed E-state index contributed by atoms with van der Waals surface area (Å²) in [6.07, 6.45) is 3.90. The van der Waals surface area contributed by atoms with Gasteiger partial charge in [0.15, 0.2) is 0 Å². The molecule has 6 atom stereocenters. The predicted octanol–water partition coefficient (Wildman–Crippen LogP) is 1.81. The molecule has 2 aliphatic heterocycles. The van der Waals surface area contributed by atoms with Crippen LogP contribution in [0.15, 0.2) is 11.6 Å². The van der Waals surface area contributed by atoms with Crippen molar-refractivity contribution in [2.24, 2.45) is 11.8 Å². The summed E-state index contributed by atoms with van der Waals surface area (Å²) in [5, 5.41) is 10.2. The number of hydrogen-bond donors (Lipinski definition) is 1. The number of fused-ring (bicyclic) bond motifs is 2. The van der Waals surface area contributed by atoms with Gasteiger partial charge in [0.2, 0.25) is 0 Å². The van der Waals surface area contributed by atoms with Gasteiger partial charge in [0.05, 0.1) is 23.7 Å². The molecule has 0 saturated carbocycles. The van der Waals surface area contributed by atoms with Gasteiger partial charge in [-0.15, -0.1) is 0 Å². The normalized spacial score (nSPS) is 49.8. The number of carbonyl (C=O) groups excluding carboxylic acids is 1. The number of rotatable bonds is 0. The summed E-state index contributed by atoms with van der Waals surface area (Å²) in [5.74, 6) is 0.0204. The molecule has 4 nitrogen and oxygen atoms in total. The van der Waals surface area contributed by atoms with Crippen LogP contribution in [-0.2, 0) is 14.3 Å². The topological polar surface area (TPSA) is 59.1 Å². The molecule has 0 amide bonds. The Bertz CT molecular complexity index is 430. The van der Waals surface area contributed by atoms with Gasteiger partial charge in [-0.1, -0.05) is 6.92 Å². The van der Waals surface area contributed by atoms with Crippen molar-refractivity contribution in [2.45, 2.75) is 63.9 Å². The van der Waals surface area contributed by atoms with Crippen molar-refractivity contribution < 1.29 is 19.4 Å². The number of aliphatic hydroxyl groups is 1. The second-order valence-electron chi connectivity index (χ2n) is 6.47. The largest absolute Gasteiger partial charge is 0.458 e. The first-order chi connectivity index (χ1) is 8.90. The van der Waals surface area contributed by atoms with Crippen molar-refractivity contribution in [3.8, 4) is 0 Å². The summed E-state index contributed by atoms with van der Waals surface area (Å²) in [6, 6.07) is 0. The molecule has 0 bridgehead atoms.